The molecule has 1 fully saturated rings. The maximum atomic E-state index is 13.5. The van der Waals surface area contributed by atoms with Crippen LogP contribution in [0.1, 0.15) is 46.6 Å². The highest BCUT2D eigenvalue weighted by Crippen LogP contribution is 2.34. The summed E-state index contributed by atoms with van der Waals surface area (Å²) in [6.45, 7) is 8.84. The van der Waals surface area contributed by atoms with Gasteiger partial charge in [-0.25, -0.2) is 4.68 Å². The number of likely N-dealkylation sites (tertiary alicyclic amines) is 1. The summed E-state index contributed by atoms with van der Waals surface area (Å²) in [7, 11) is 1.53. The topological polar surface area (TPSA) is 118 Å². The fraction of sp³-hybridized carbons (Fsp3) is 0.650. The summed E-state index contributed by atoms with van der Waals surface area (Å²) in [5.41, 5.74) is 0.966. The van der Waals surface area contributed by atoms with Gasteiger partial charge < -0.3 is 15.3 Å². The van der Waals surface area contributed by atoms with Crippen molar-refractivity contribution < 1.29 is 14.7 Å². The van der Waals surface area contributed by atoms with Gasteiger partial charge in [-0.15, -0.1) is 5.10 Å². The molecule has 2 N–H and O–H groups in total. The molecule has 0 saturated carbocycles. The van der Waals surface area contributed by atoms with Crippen LogP contribution in [0.15, 0.2) is 18.6 Å². The Morgan fingerprint density at radius 1 is 1.33 bits per heavy atom. The van der Waals surface area contributed by atoms with Crippen LogP contribution >= 0.6 is 0 Å². The van der Waals surface area contributed by atoms with Crippen LogP contribution in [0.2, 0.25) is 0 Å². The van der Waals surface area contributed by atoms with Gasteiger partial charge in [-0.05, 0) is 11.8 Å². The molecular formula is C20H31N7O3. The Bertz CT molecular complexity index is 898. The zero-order valence-corrected chi connectivity index (χ0v) is 18.2. The van der Waals surface area contributed by atoms with E-state index in [0.29, 0.717) is 5.69 Å². The lowest BCUT2D eigenvalue weighted by Crippen LogP contribution is -2.49. The number of rotatable bonds is 6. The molecule has 10 nitrogen and oxygen atoms in total. The minimum atomic E-state index is -0.729. The molecule has 1 aliphatic heterocycles. The van der Waals surface area contributed by atoms with E-state index in [9.17, 15) is 14.7 Å². The van der Waals surface area contributed by atoms with E-state index in [1.165, 1.54) is 11.9 Å². The summed E-state index contributed by atoms with van der Waals surface area (Å²) in [5, 5.41) is 25.5. The van der Waals surface area contributed by atoms with E-state index in [4.69, 9.17) is 0 Å². The molecule has 164 valence electrons. The molecule has 0 aliphatic carbocycles. The van der Waals surface area contributed by atoms with Gasteiger partial charge in [0.1, 0.15) is 17.8 Å². The first-order chi connectivity index (χ1) is 14.2. The second-order valence-corrected chi connectivity index (χ2v) is 8.85. The van der Waals surface area contributed by atoms with Crippen molar-refractivity contribution >= 4 is 11.8 Å². The molecule has 30 heavy (non-hydrogen) atoms. The third-order valence-electron chi connectivity index (χ3n) is 5.32. The van der Waals surface area contributed by atoms with Crippen LogP contribution in [0, 0.1) is 5.41 Å². The monoisotopic (exact) mass is 417 g/mol. The third kappa shape index (κ3) is 4.38. The number of aryl methyl sites for hydroxylation is 1. The molecule has 1 saturated heterocycles. The van der Waals surface area contributed by atoms with E-state index >= 15 is 0 Å². The van der Waals surface area contributed by atoms with Gasteiger partial charge in [-0.1, -0.05) is 32.9 Å². The molecule has 2 aromatic heterocycles. The smallest absolute Gasteiger partial charge is 0.248 e. The molecule has 0 radical (unpaired) electrons. The Kier molecular flexibility index (Phi) is 6.25. The van der Waals surface area contributed by atoms with E-state index < -0.39 is 23.6 Å². The number of carbonyl (C=O) groups is 2. The third-order valence-corrected chi connectivity index (χ3v) is 5.32. The summed E-state index contributed by atoms with van der Waals surface area (Å²) in [5.74, 6) is -0.541. The summed E-state index contributed by atoms with van der Waals surface area (Å²) >= 11 is 0. The van der Waals surface area contributed by atoms with Gasteiger partial charge in [0.15, 0.2) is 0 Å². The lowest BCUT2D eigenvalue weighted by atomic mass is 9.85. The molecule has 10 heteroatoms. The molecule has 3 atom stereocenters. The molecule has 2 aromatic rings. The predicted molar refractivity (Wildman–Crippen MR) is 110 cm³/mol. The number of aromatic nitrogens is 5. The van der Waals surface area contributed by atoms with E-state index in [1.807, 2.05) is 31.6 Å². The lowest BCUT2D eigenvalue weighted by Gasteiger charge is -2.34. The maximum absolute atomic E-state index is 13.5. The summed E-state index contributed by atoms with van der Waals surface area (Å²) in [6.07, 6.45) is 5.85. The SMILES string of the molecule is CCCn1cc(-c2cn([C@H](C(=O)N3CC(O)CC3C(=O)NC)C(C)(C)C)nn2)cn1. The van der Waals surface area contributed by atoms with E-state index in [2.05, 4.69) is 27.7 Å². The van der Waals surface area contributed by atoms with Crippen molar-refractivity contribution in [3.05, 3.63) is 18.6 Å². The number of hydrogen-bond donors (Lipinski definition) is 2. The standard InChI is InChI=1S/C20H31N7O3/c1-6-7-25-10-13(9-22-25)15-12-27(24-23-15)17(20(2,3)4)19(30)26-11-14(28)8-16(26)18(29)21-5/h9-10,12,14,16-17,28H,6-8,11H2,1-5H3,(H,21,29)/t14?,16?,17-/m1/s1. The Morgan fingerprint density at radius 2 is 2.07 bits per heavy atom. The number of aliphatic hydroxyl groups is 1. The lowest BCUT2D eigenvalue weighted by molar-refractivity contribution is -0.144. The van der Waals surface area contributed by atoms with Crippen LogP contribution in [0.4, 0.5) is 0 Å². The quantitative estimate of drug-likeness (QED) is 0.719. The fourth-order valence-electron chi connectivity index (χ4n) is 3.89. The second kappa shape index (κ2) is 8.55. The molecular weight excluding hydrogens is 386 g/mol. The maximum Gasteiger partial charge on any atom is 0.248 e. The molecule has 0 spiro atoms. The molecule has 0 aromatic carbocycles. The number of carbonyl (C=O) groups excluding carboxylic acids is 2. The van der Waals surface area contributed by atoms with Crippen molar-refractivity contribution in [1.82, 2.24) is 35.0 Å². The van der Waals surface area contributed by atoms with Crippen molar-refractivity contribution in [1.29, 1.82) is 0 Å². The summed E-state index contributed by atoms with van der Waals surface area (Å²) in [4.78, 5) is 27.3. The van der Waals surface area contributed by atoms with Crippen LogP contribution in [-0.2, 0) is 16.1 Å². The largest absolute Gasteiger partial charge is 0.391 e. The minimum absolute atomic E-state index is 0.120. The van der Waals surface area contributed by atoms with Gasteiger partial charge in [-0.2, -0.15) is 5.10 Å². The number of aliphatic hydroxyl groups excluding tert-OH is 1. The van der Waals surface area contributed by atoms with E-state index in [-0.39, 0.29) is 24.8 Å². The van der Waals surface area contributed by atoms with Gasteiger partial charge in [-0.3, -0.25) is 14.3 Å². The zero-order valence-electron chi connectivity index (χ0n) is 18.2. The molecule has 3 rings (SSSR count). The first-order valence-corrected chi connectivity index (χ1v) is 10.3. The number of β-amino-alcohol motifs (C(OH)–C–C–N with tert-alkyl or cyclic N) is 1. The minimum Gasteiger partial charge on any atom is -0.391 e. The van der Waals surface area contributed by atoms with Gasteiger partial charge in [0, 0.05) is 38.3 Å². The number of nitrogens with zero attached hydrogens (tertiary/aromatic N) is 6. The van der Waals surface area contributed by atoms with E-state index in [0.717, 1.165) is 18.5 Å². The highest BCUT2D eigenvalue weighted by Gasteiger charge is 2.45. The van der Waals surface area contributed by atoms with Gasteiger partial charge in [0.25, 0.3) is 0 Å². The van der Waals surface area contributed by atoms with E-state index in [1.54, 1.807) is 17.1 Å². The Balaban J connectivity index is 1.90. The predicted octanol–water partition coefficient (Wildman–Crippen LogP) is 0.847. The average Bonchev–Trinajstić information content (AvgIpc) is 3.40. The molecule has 0 bridgehead atoms. The first-order valence-electron chi connectivity index (χ1n) is 10.3. The van der Waals surface area contributed by atoms with Crippen LogP contribution in [0.25, 0.3) is 11.3 Å². The number of likely N-dealkylation sites (N-methyl/N-ethyl adjacent to an activating group) is 1. The van der Waals surface area contributed by atoms with Crippen LogP contribution < -0.4 is 5.32 Å². The van der Waals surface area contributed by atoms with Crippen molar-refractivity contribution in [2.24, 2.45) is 5.41 Å². The van der Waals surface area contributed by atoms with Gasteiger partial charge in [0.05, 0.1) is 18.5 Å². The Hall–Kier alpha value is -2.75. The number of hydrogen-bond acceptors (Lipinski definition) is 6. The fourth-order valence-corrected chi connectivity index (χ4v) is 3.89. The highest BCUT2D eigenvalue weighted by atomic mass is 16.3. The zero-order chi connectivity index (χ0) is 22.1. The van der Waals surface area contributed by atoms with Crippen LogP contribution in [-0.4, -0.2) is 72.3 Å². The molecule has 2 amide bonds. The van der Waals surface area contributed by atoms with Gasteiger partial charge in [0.2, 0.25) is 11.8 Å². The molecule has 1 aliphatic rings. The van der Waals surface area contributed by atoms with Gasteiger partial charge >= 0.3 is 0 Å². The average molecular weight is 418 g/mol. The normalized spacial score (nSPS) is 20.4. The van der Waals surface area contributed by atoms with Crippen molar-refractivity contribution in [2.45, 2.75) is 65.3 Å². The summed E-state index contributed by atoms with van der Waals surface area (Å²) < 4.78 is 3.40. The highest BCUT2D eigenvalue weighted by molar-refractivity contribution is 5.90. The van der Waals surface area contributed by atoms with Crippen molar-refractivity contribution in [2.75, 3.05) is 13.6 Å². The van der Waals surface area contributed by atoms with Crippen molar-refractivity contribution in [3.8, 4) is 11.3 Å². The second-order valence-electron chi connectivity index (χ2n) is 8.85. The first kappa shape index (κ1) is 21.9. The number of amides is 2. The Labute approximate surface area is 176 Å². The van der Waals surface area contributed by atoms with Crippen LogP contribution in [0.5, 0.6) is 0 Å². The van der Waals surface area contributed by atoms with Crippen LogP contribution in [0.3, 0.4) is 0 Å². The Morgan fingerprint density at radius 3 is 2.70 bits per heavy atom. The number of nitrogens with one attached hydrogen (secondary N) is 1. The molecule has 3 heterocycles. The summed E-state index contributed by atoms with van der Waals surface area (Å²) in [6, 6.07) is -1.38. The van der Waals surface area contributed by atoms with Crippen molar-refractivity contribution in [3.63, 3.8) is 0 Å². The molecule has 2 unspecified atom stereocenters.